The third-order valence-corrected chi connectivity index (χ3v) is 5.95. The highest BCUT2D eigenvalue weighted by molar-refractivity contribution is 7.14. The molecule has 0 aliphatic heterocycles. The Kier molecular flexibility index (Phi) is 8.23. The minimum atomic E-state index is -0.126. The third-order valence-electron chi connectivity index (χ3n) is 4.76. The van der Waals surface area contributed by atoms with E-state index in [1.807, 2.05) is 19.1 Å². The maximum Gasteiger partial charge on any atom is 0.306 e. The summed E-state index contributed by atoms with van der Waals surface area (Å²) in [5.74, 6) is 0.374. The summed E-state index contributed by atoms with van der Waals surface area (Å²) in [5.41, 5.74) is 3.76. The second kappa shape index (κ2) is 10.4. The van der Waals surface area contributed by atoms with E-state index in [2.05, 4.69) is 39.0 Å². The summed E-state index contributed by atoms with van der Waals surface area (Å²) in [6.07, 6.45) is 3.61. The van der Waals surface area contributed by atoms with E-state index in [9.17, 15) is 9.59 Å². The van der Waals surface area contributed by atoms with Crippen molar-refractivity contribution in [3.63, 3.8) is 0 Å². The Balaban J connectivity index is 1.82. The summed E-state index contributed by atoms with van der Waals surface area (Å²) in [6.45, 7) is 8.52. The van der Waals surface area contributed by atoms with E-state index in [1.165, 1.54) is 21.6 Å². The van der Waals surface area contributed by atoms with Gasteiger partial charge in [0.1, 0.15) is 0 Å². The number of carbonyl (C=O) groups is 2. The number of hydrogen-bond acceptors (Lipinski definition) is 4. The maximum absolute atomic E-state index is 12.5. The van der Waals surface area contributed by atoms with Crippen molar-refractivity contribution in [2.45, 2.75) is 59.8 Å². The number of ether oxygens (including phenoxy) is 1. The molecule has 0 bridgehead atoms. The third kappa shape index (κ3) is 6.94. The van der Waals surface area contributed by atoms with Crippen molar-refractivity contribution < 1.29 is 14.3 Å². The quantitative estimate of drug-likeness (QED) is 0.388. The van der Waals surface area contributed by atoms with E-state index in [1.54, 1.807) is 11.3 Å². The van der Waals surface area contributed by atoms with Crippen molar-refractivity contribution in [2.75, 3.05) is 6.61 Å². The first kappa shape index (κ1) is 21.4. The van der Waals surface area contributed by atoms with Gasteiger partial charge in [-0.3, -0.25) is 9.59 Å². The Morgan fingerprint density at radius 3 is 2.59 bits per heavy atom. The van der Waals surface area contributed by atoms with Crippen LogP contribution in [0.5, 0.6) is 0 Å². The van der Waals surface area contributed by atoms with Crippen LogP contribution in [-0.4, -0.2) is 18.4 Å². The Bertz CT molecular complexity index is 776. The second-order valence-electron chi connectivity index (χ2n) is 7.27. The summed E-state index contributed by atoms with van der Waals surface area (Å²) < 4.78 is 5.00. The van der Waals surface area contributed by atoms with Gasteiger partial charge in [0.15, 0.2) is 5.78 Å². The van der Waals surface area contributed by atoms with Crippen molar-refractivity contribution in [3.8, 4) is 0 Å². The van der Waals surface area contributed by atoms with Crippen LogP contribution in [0.25, 0.3) is 0 Å². The van der Waals surface area contributed by atoms with E-state index >= 15 is 0 Å². The average Bonchev–Trinajstić information content (AvgIpc) is 3.08. The molecule has 0 N–H and O–H groups in total. The molecule has 27 heavy (non-hydrogen) atoms. The minimum Gasteiger partial charge on any atom is -0.466 e. The summed E-state index contributed by atoms with van der Waals surface area (Å²) in [4.78, 5) is 26.1. The molecule has 2 aromatic rings. The summed E-state index contributed by atoms with van der Waals surface area (Å²) >= 11 is 1.59. The molecule has 0 amide bonds. The number of hydrogen-bond donors (Lipinski definition) is 0. The van der Waals surface area contributed by atoms with Gasteiger partial charge in [0.05, 0.1) is 11.5 Å². The molecule has 0 fully saturated rings. The topological polar surface area (TPSA) is 43.4 Å². The minimum absolute atomic E-state index is 0.126. The maximum atomic E-state index is 12.5. The number of carbonyl (C=O) groups excluding carboxylic acids is 2. The zero-order valence-electron chi connectivity index (χ0n) is 16.8. The molecular weight excluding hydrogens is 356 g/mol. The van der Waals surface area contributed by atoms with E-state index in [4.69, 9.17) is 4.74 Å². The number of Topliss-reactive ketones (excluding diaryl/α,β-unsaturated/α-hetero) is 1. The first-order valence-electron chi connectivity index (χ1n) is 9.72. The van der Waals surface area contributed by atoms with Gasteiger partial charge in [-0.1, -0.05) is 30.7 Å². The zero-order valence-corrected chi connectivity index (χ0v) is 17.7. The summed E-state index contributed by atoms with van der Waals surface area (Å²) in [7, 11) is 0. The van der Waals surface area contributed by atoms with Gasteiger partial charge < -0.3 is 4.74 Å². The average molecular weight is 387 g/mol. The lowest BCUT2D eigenvalue weighted by Gasteiger charge is -2.09. The van der Waals surface area contributed by atoms with Gasteiger partial charge in [-0.25, -0.2) is 0 Å². The Hall–Kier alpha value is -1.94. The van der Waals surface area contributed by atoms with Gasteiger partial charge in [0, 0.05) is 17.7 Å². The van der Waals surface area contributed by atoms with E-state index in [0.29, 0.717) is 19.4 Å². The first-order valence-corrected chi connectivity index (χ1v) is 10.5. The highest BCUT2D eigenvalue weighted by Crippen LogP contribution is 2.23. The molecule has 3 nitrogen and oxygen atoms in total. The van der Waals surface area contributed by atoms with E-state index < -0.39 is 0 Å². The van der Waals surface area contributed by atoms with Crippen LogP contribution in [0.2, 0.25) is 0 Å². The standard InChI is InChI=1S/C23H30O3S/c1-5-26-23(25)15-17(3)7-10-20-11-13-22(27-20)21(24)12-9-19-8-6-16(2)14-18(19)4/h6,8,11,13-14,17H,5,7,9-10,12,15H2,1-4H3. The molecule has 0 aliphatic rings. The number of rotatable bonds is 10. The SMILES string of the molecule is CCOC(=O)CC(C)CCc1ccc(C(=O)CCc2ccc(C)cc2C)s1. The van der Waals surface area contributed by atoms with Crippen molar-refractivity contribution in [2.24, 2.45) is 5.92 Å². The predicted octanol–water partition coefficient (Wildman–Crippen LogP) is 5.70. The number of ketones is 1. The molecular formula is C23H30O3S. The van der Waals surface area contributed by atoms with Crippen LogP contribution in [0.3, 0.4) is 0 Å². The largest absolute Gasteiger partial charge is 0.466 e. The molecule has 0 saturated heterocycles. The molecule has 0 spiro atoms. The second-order valence-corrected chi connectivity index (χ2v) is 8.44. The molecule has 146 valence electrons. The monoisotopic (exact) mass is 386 g/mol. The van der Waals surface area contributed by atoms with Gasteiger partial charge in [-0.05, 0) is 69.2 Å². The van der Waals surface area contributed by atoms with Gasteiger partial charge in [-0.15, -0.1) is 11.3 Å². The Labute approximate surface area is 166 Å². The van der Waals surface area contributed by atoms with Crippen molar-refractivity contribution in [1.29, 1.82) is 0 Å². The van der Waals surface area contributed by atoms with Gasteiger partial charge in [0.25, 0.3) is 0 Å². The van der Waals surface area contributed by atoms with Crippen molar-refractivity contribution >= 4 is 23.1 Å². The van der Waals surface area contributed by atoms with Crippen LogP contribution in [-0.2, 0) is 22.4 Å². The lowest BCUT2D eigenvalue weighted by atomic mass is 10.00. The highest BCUT2D eigenvalue weighted by Gasteiger charge is 2.13. The molecule has 4 heteroatoms. The molecule has 0 aliphatic carbocycles. The Morgan fingerprint density at radius 1 is 1.11 bits per heavy atom. The van der Waals surface area contributed by atoms with Crippen LogP contribution in [0.15, 0.2) is 30.3 Å². The summed E-state index contributed by atoms with van der Waals surface area (Å²) in [6, 6.07) is 10.4. The van der Waals surface area contributed by atoms with Crippen LogP contribution in [0, 0.1) is 19.8 Å². The van der Waals surface area contributed by atoms with Gasteiger partial charge >= 0.3 is 5.97 Å². The van der Waals surface area contributed by atoms with Crippen LogP contribution in [0.1, 0.15) is 64.3 Å². The lowest BCUT2D eigenvalue weighted by molar-refractivity contribution is -0.144. The van der Waals surface area contributed by atoms with E-state index in [0.717, 1.165) is 24.1 Å². The first-order chi connectivity index (χ1) is 12.9. The fraction of sp³-hybridized carbons (Fsp3) is 0.478. The number of benzene rings is 1. The molecule has 1 heterocycles. The van der Waals surface area contributed by atoms with Crippen LogP contribution in [0.4, 0.5) is 0 Å². The fourth-order valence-electron chi connectivity index (χ4n) is 3.15. The molecule has 1 aromatic carbocycles. The smallest absolute Gasteiger partial charge is 0.306 e. The Morgan fingerprint density at radius 2 is 1.89 bits per heavy atom. The number of aryl methyl sites for hydroxylation is 4. The van der Waals surface area contributed by atoms with Gasteiger partial charge in [-0.2, -0.15) is 0 Å². The molecule has 0 radical (unpaired) electrons. The number of thiophene rings is 1. The van der Waals surface area contributed by atoms with Gasteiger partial charge in [0.2, 0.25) is 0 Å². The molecule has 2 rings (SSSR count). The molecule has 1 atom stereocenters. The normalized spacial score (nSPS) is 12.0. The molecule has 0 saturated carbocycles. The van der Waals surface area contributed by atoms with Crippen molar-refractivity contribution in [3.05, 3.63) is 56.8 Å². The zero-order chi connectivity index (χ0) is 19.8. The molecule has 1 unspecified atom stereocenters. The fourth-order valence-corrected chi connectivity index (χ4v) is 4.15. The van der Waals surface area contributed by atoms with Crippen molar-refractivity contribution in [1.82, 2.24) is 0 Å². The highest BCUT2D eigenvalue weighted by atomic mass is 32.1. The lowest BCUT2D eigenvalue weighted by Crippen LogP contribution is -2.09. The van der Waals surface area contributed by atoms with E-state index in [-0.39, 0.29) is 17.7 Å². The summed E-state index contributed by atoms with van der Waals surface area (Å²) in [5, 5.41) is 0. The molecule has 1 aromatic heterocycles. The van der Waals surface area contributed by atoms with Crippen LogP contribution < -0.4 is 0 Å². The van der Waals surface area contributed by atoms with Crippen LogP contribution >= 0.6 is 11.3 Å². The predicted molar refractivity (Wildman–Crippen MR) is 112 cm³/mol. The number of esters is 1.